The molecule has 0 saturated heterocycles. The van der Waals surface area contributed by atoms with Crippen molar-refractivity contribution in [2.75, 3.05) is 280 Å². The Morgan fingerprint density at radius 3 is 1.60 bits per heavy atom. The Labute approximate surface area is 822 Å². The van der Waals surface area contributed by atoms with Crippen LogP contribution in [0.25, 0.3) is 21.3 Å². The Balaban J connectivity index is 0.730. The van der Waals surface area contributed by atoms with Gasteiger partial charge in [0.25, 0.3) is 16.0 Å². The molecule has 2 unspecified atom stereocenters. The maximum Gasteiger partial charge on any atom is 0.410 e. The van der Waals surface area contributed by atoms with Crippen LogP contribution in [0.4, 0.5) is 21.4 Å². The van der Waals surface area contributed by atoms with Gasteiger partial charge in [0.1, 0.15) is 18.5 Å². The van der Waals surface area contributed by atoms with E-state index in [2.05, 4.69) is 39.7 Å². The number of carbonyl (C=O) groups excluding carboxylic acids is 4. The van der Waals surface area contributed by atoms with Crippen LogP contribution in [0.5, 0.6) is 0 Å². The average molecular weight is 1990 g/mol. The van der Waals surface area contributed by atoms with E-state index in [1.807, 2.05) is 78.9 Å². The number of carbonyl (C=O) groups is 5. The van der Waals surface area contributed by atoms with Crippen LogP contribution in [0.15, 0.2) is 79.0 Å². The molecule has 4 heterocycles. The third kappa shape index (κ3) is 38.9. The minimum atomic E-state index is -4.56. The molecule has 4 saturated carbocycles. The highest BCUT2D eigenvalue weighted by Gasteiger charge is 2.66. The summed E-state index contributed by atoms with van der Waals surface area (Å²) in [4.78, 5) is 83.8. The van der Waals surface area contributed by atoms with Crippen LogP contribution in [-0.4, -0.2) is 359 Å². The molecule has 7 N–H and O–H groups in total. The molecular weight excluding hydrogens is 1840 g/mol. The summed E-state index contributed by atoms with van der Waals surface area (Å²) in [7, 11) is -1.30. The lowest BCUT2D eigenvalue weighted by atomic mass is 9.39. The zero-order chi connectivity index (χ0) is 99.2. The predicted molar refractivity (Wildman–Crippen MR) is 524 cm³/mol. The molecule has 0 radical (unpaired) electrons. The SMILES string of the molecule is COCCOCCOCCOCCOCCOCCOCCOCCCN(CCCOCCOCCOCCOCCOCCOCCOCCOC)CCCc1cc(NC(=O)[C@H](C)NC(=O)[C@@H](N)C(C)C)ccc1COC(=O)N(CCOC12CC3(C)CC(C)(CC(Cn4ncc(-c5ccc(N6CCc7cccc(C(=O)Nc8nc9ccccc9s8)c7C6)nc5C(=O)O)c4C)(C3)C1)C2)CCS(=O)(=O)O. The highest BCUT2D eigenvalue weighted by atomic mass is 32.2. The summed E-state index contributed by atoms with van der Waals surface area (Å²) in [6, 6.07) is 20.5. The van der Waals surface area contributed by atoms with Crippen molar-refractivity contribution in [1.82, 2.24) is 34.9 Å². The fraction of sp³-hybridized carbons (Fsp3) is 0.677. The molecule has 3 aromatic heterocycles. The number of ether oxygens (including phenoxy) is 18. The first kappa shape index (κ1) is 113. The molecule has 4 bridgehead atoms. The highest BCUT2D eigenvalue weighted by molar-refractivity contribution is 7.85. The largest absolute Gasteiger partial charge is 0.476 e. The number of nitrogens with two attached hydrogens (primary N) is 1. The Kier molecular flexibility index (Phi) is 48.7. The number of nitrogens with one attached hydrogen (secondary N) is 3. The van der Waals surface area contributed by atoms with E-state index >= 15 is 0 Å². The van der Waals surface area contributed by atoms with Crippen LogP contribution in [0.2, 0.25) is 0 Å². The number of aromatic nitrogens is 4. The number of benzene rings is 3. The lowest BCUT2D eigenvalue weighted by molar-refractivity contribution is -0.248. The molecule has 3 aromatic carbocycles. The number of aryl methyl sites for hydroxylation is 1. The average Bonchev–Trinajstić information content (AvgIpc) is 1.14. The fourth-order valence-electron chi connectivity index (χ4n) is 19.3. The van der Waals surface area contributed by atoms with Crippen molar-refractivity contribution in [3.8, 4) is 11.1 Å². The smallest absolute Gasteiger partial charge is 0.410 e. The van der Waals surface area contributed by atoms with Crippen molar-refractivity contribution in [2.45, 2.75) is 150 Å². The number of hydrogen-bond donors (Lipinski definition) is 6. The molecule has 1 aliphatic heterocycles. The molecule has 0 spiro atoms. The van der Waals surface area contributed by atoms with Crippen molar-refractivity contribution in [3.63, 3.8) is 0 Å². The maximum atomic E-state index is 14.6. The summed E-state index contributed by atoms with van der Waals surface area (Å²) in [5, 5.41) is 25.1. The first-order valence-electron chi connectivity index (χ1n) is 48.8. The van der Waals surface area contributed by atoms with Gasteiger partial charge in [0.05, 0.1) is 225 Å². The molecule has 5 aliphatic rings. The number of fused-ring (bicyclic) bond motifs is 2. The van der Waals surface area contributed by atoms with Gasteiger partial charge in [-0.05, 0) is 178 Å². The first-order valence-corrected chi connectivity index (χ1v) is 51.2. The number of thiazole rings is 1. The second-order valence-corrected chi connectivity index (χ2v) is 39.6. The number of amides is 4. The summed E-state index contributed by atoms with van der Waals surface area (Å²) in [6.07, 6.45) is 8.97. The Bertz CT molecular complexity index is 4700. The normalized spacial score (nSPS) is 18.3. The number of pyridine rings is 1. The van der Waals surface area contributed by atoms with Crippen LogP contribution >= 0.6 is 11.3 Å². The zero-order valence-electron chi connectivity index (χ0n) is 82.6. The molecule has 6 aromatic rings. The Hall–Kier alpha value is -7.99. The first-order chi connectivity index (χ1) is 67.2. The second kappa shape index (κ2) is 59.9. The minimum absolute atomic E-state index is 0.0243. The topological polar surface area (TPSA) is 442 Å². The summed E-state index contributed by atoms with van der Waals surface area (Å²) in [5.74, 6) is -2.88. The molecule has 4 fully saturated rings. The van der Waals surface area contributed by atoms with Crippen molar-refractivity contribution in [3.05, 3.63) is 118 Å². The Morgan fingerprint density at radius 2 is 1.09 bits per heavy atom. The molecule has 776 valence electrons. The van der Waals surface area contributed by atoms with E-state index < -0.39 is 64.0 Å². The molecular formula is C99H151N11O27S2. The number of rotatable bonds is 75. The molecule has 4 atom stereocenters. The third-order valence-corrected chi connectivity index (χ3v) is 26.6. The molecule has 11 rings (SSSR count). The number of nitrogens with zero attached hydrogens (tertiary/aromatic N) is 7. The van der Waals surface area contributed by atoms with Gasteiger partial charge >= 0.3 is 12.1 Å². The molecule has 38 nitrogen and oxygen atoms in total. The second-order valence-electron chi connectivity index (χ2n) is 37.0. The molecule has 139 heavy (non-hydrogen) atoms. The van der Waals surface area contributed by atoms with Gasteiger partial charge in [-0.1, -0.05) is 69.4 Å². The van der Waals surface area contributed by atoms with E-state index in [4.69, 9.17) is 101 Å². The van der Waals surface area contributed by atoms with Gasteiger partial charge in [-0.2, -0.15) is 13.5 Å². The van der Waals surface area contributed by atoms with Crippen LogP contribution < -0.4 is 26.6 Å². The maximum absolute atomic E-state index is 14.6. The van der Waals surface area contributed by atoms with E-state index in [0.29, 0.717) is 315 Å². The molecule has 4 aliphatic carbocycles. The van der Waals surface area contributed by atoms with Crippen molar-refractivity contribution in [1.29, 1.82) is 0 Å². The van der Waals surface area contributed by atoms with E-state index in [1.165, 1.54) is 16.2 Å². The van der Waals surface area contributed by atoms with Crippen molar-refractivity contribution in [2.24, 2.45) is 27.9 Å². The Morgan fingerprint density at radius 1 is 0.561 bits per heavy atom. The van der Waals surface area contributed by atoms with E-state index in [9.17, 15) is 42.0 Å². The van der Waals surface area contributed by atoms with Crippen molar-refractivity contribution < 1.29 is 127 Å². The van der Waals surface area contributed by atoms with Gasteiger partial charge in [-0.3, -0.25) is 28.9 Å². The van der Waals surface area contributed by atoms with Gasteiger partial charge < -0.3 is 121 Å². The van der Waals surface area contributed by atoms with Gasteiger partial charge in [-0.25, -0.2) is 19.6 Å². The monoisotopic (exact) mass is 1990 g/mol. The summed E-state index contributed by atoms with van der Waals surface area (Å²) in [5.41, 5.74) is 11.6. The zero-order valence-corrected chi connectivity index (χ0v) is 84.3. The number of aromatic carboxylic acids is 1. The van der Waals surface area contributed by atoms with Crippen LogP contribution in [0.1, 0.15) is 141 Å². The van der Waals surface area contributed by atoms with Crippen molar-refractivity contribution >= 4 is 78.1 Å². The lowest BCUT2D eigenvalue weighted by Crippen LogP contribution is -2.64. The van der Waals surface area contributed by atoms with E-state index in [-0.39, 0.29) is 53.5 Å². The minimum Gasteiger partial charge on any atom is -0.476 e. The highest BCUT2D eigenvalue weighted by Crippen LogP contribution is 2.72. The standard InChI is InChI=1S/C99H151N11O27S2/c1-74(2)88(100)92(113)102-75(3)90(111)103-80-21-20-79(78(63-80)16-12-25-107(26-13-31-122-38-40-126-46-48-130-54-56-134-60-58-132-52-50-128-44-42-124-36-34-120-7)27-14-32-123-39-41-127-47-49-131-55-57-135-61-59-133-53-51-129-45-43-125-37-35-121-8)66-136-95(116)108(30-62-139(117,118)119)29-33-137-99-70-96(5)67-97(6,71-99)69-98(68-96,72-99)73-110-76(4)83(64-101-110)81-22-23-87(105-89(81)93(114)115)109-28-24-77-15-11-17-82(84(77)65-109)91(112)106-94-104-85-18-9-10-19-86(85)138-94/h9-11,15,17-23,63-64,74-75,88H,12-14,16,24-62,65-73,100H2,1-8H3,(H,102,113)(H,103,111)(H,114,115)(H,104,106,112)(H,117,118,119)/t75-,88-,96?,97?,98?,99?/m0/s1. The van der Waals surface area contributed by atoms with E-state index in [1.54, 1.807) is 51.6 Å². The predicted octanol–water partition coefficient (Wildman–Crippen LogP) is 10.0. The number of para-hydroxylation sites is 1. The van der Waals surface area contributed by atoms with E-state index in [0.717, 1.165) is 64.7 Å². The number of carboxylic acids is 1. The fourth-order valence-corrected chi connectivity index (χ4v) is 20.6. The summed E-state index contributed by atoms with van der Waals surface area (Å²) in [6.45, 7) is 28.2. The number of carboxylic acid groups (broad SMARTS) is 1. The number of methoxy groups -OCH3 is 2. The summed E-state index contributed by atoms with van der Waals surface area (Å²) < 4.78 is 140. The molecule has 4 amide bonds. The van der Waals surface area contributed by atoms with Gasteiger partial charge in [0.15, 0.2) is 10.8 Å². The van der Waals surface area contributed by atoms with Gasteiger partial charge in [-0.15, -0.1) is 0 Å². The number of anilines is 3. The number of hydrogen-bond acceptors (Lipinski definition) is 32. The molecule has 40 heteroatoms. The third-order valence-electron chi connectivity index (χ3n) is 25.0. The quantitative estimate of drug-likeness (QED) is 0.0153. The lowest BCUT2D eigenvalue weighted by Gasteiger charge is -2.69. The van der Waals surface area contributed by atoms with Crippen LogP contribution in [0.3, 0.4) is 0 Å². The van der Waals surface area contributed by atoms with Gasteiger partial charge in [0, 0.05) is 101 Å². The van der Waals surface area contributed by atoms with Crippen LogP contribution in [-0.2, 0) is 138 Å². The van der Waals surface area contributed by atoms with Crippen LogP contribution in [0, 0.1) is 29.1 Å². The summed E-state index contributed by atoms with van der Waals surface area (Å²) >= 11 is 1.40. The van der Waals surface area contributed by atoms with Gasteiger partial charge in [0.2, 0.25) is 11.8 Å².